The standard InChI is InChI=1S/C12H14N2O/c1-2-9(12-8-15-7-6-14-12)10-4-5-13-11(10)3-1/h1-5,12-14H,6-8H2/t12-/m0/s1. The van der Waals surface area contributed by atoms with Crippen LogP contribution in [-0.2, 0) is 4.74 Å². The number of benzene rings is 1. The van der Waals surface area contributed by atoms with E-state index in [0.29, 0.717) is 6.04 Å². The lowest BCUT2D eigenvalue weighted by molar-refractivity contribution is 0.0773. The summed E-state index contributed by atoms with van der Waals surface area (Å²) < 4.78 is 5.49. The van der Waals surface area contributed by atoms with Gasteiger partial charge in [-0.15, -0.1) is 0 Å². The Balaban J connectivity index is 2.05. The van der Waals surface area contributed by atoms with E-state index in [1.54, 1.807) is 0 Å². The first kappa shape index (κ1) is 8.95. The van der Waals surface area contributed by atoms with Crippen LogP contribution >= 0.6 is 0 Å². The average molecular weight is 202 g/mol. The molecule has 1 aliphatic rings. The number of ether oxygens (including phenoxy) is 1. The second-order valence-corrected chi connectivity index (χ2v) is 3.87. The van der Waals surface area contributed by atoms with Gasteiger partial charge in [-0.2, -0.15) is 0 Å². The number of hydrogen-bond donors (Lipinski definition) is 2. The fourth-order valence-corrected chi connectivity index (χ4v) is 2.18. The van der Waals surface area contributed by atoms with E-state index in [9.17, 15) is 0 Å². The molecular weight excluding hydrogens is 188 g/mol. The molecule has 1 atom stereocenters. The molecule has 0 saturated carbocycles. The van der Waals surface area contributed by atoms with Crippen molar-refractivity contribution in [1.29, 1.82) is 0 Å². The summed E-state index contributed by atoms with van der Waals surface area (Å²) in [4.78, 5) is 3.23. The van der Waals surface area contributed by atoms with Crippen LogP contribution in [0.25, 0.3) is 10.9 Å². The molecule has 1 fully saturated rings. The van der Waals surface area contributed by atoms with Gasteiger partial charge >= 0.3 is 0 Å². The van der Waals surface area contributed by atoms with Crippen LogP contribution in [0, 0.1) is 0 Å². The number of fused-ring (bicyclic) bond motifs is 1. The van der Waals surface area contributed by atoms with Crippen molar-refractivity contribution in [2.75, 3.05) is 19.8 Å². The van der Waals surface area contributed by atoms with E-state index in [1.807, 2.05) is 6.20 Å². The molecule has 0 bridgehead atoms. The van der Waals surface area contributed by atoms with Gasteiger partial charge in [0.25, 0.3) is 0 Å². The molecule has 2 N–H and O–H groups in total. The normalized spacial score (nSPS) is 22.0. The number of hydrogen-bond acceptors (Lipinski definition) is 2. The third-order valence-corrected chi connectivity index (χ3v) is 2.93. The molecule has 1 aromatic heterocycles. The van der Waals surface area contributed by atoms with Crippen molar-refractivity contribution in [1.82, 2.24) is 10.3 Å². The predicted molar refractivity (Wildman–Crippen MR) is 59.9 cm³/mol. The maximum Gasteiger partial charge on any atom is 0.0662 e. The maximum atomic E-state index is 5.49. The minimum Gasteiger partial charge on any atom is -0.378 e. The van der Waals surface area contributed by atoms with Gasteiger partial charge in [0, 0.05) is 23.6 Å². The fourth-order valence-electron chi connectivity index (χ4n) is 2.18. The van der Waals surface area contributed by atoms with Crippen LogP contribution in [0.15, 0.2) is 30.5 Å². The minimum absolute atomic E-state index is 0.332. The molecule has 0 amide bonds. The van der Waals surface area contributed by atoms with Gasteiger partial charge in [-0.3, -0.25) is 0 Å². The van der Waals surface area contributed by atoms with Crippen LogP contribution in [0.5, 0.6) is 0 Å². The summed E-state index contributed by atoms with van der Waals surface area (Å²) in [6.45, 7) is 2.52. The monoisotopic (exact) mass is 202 g/mol. The summed E-state index contributed by atoms with van der Waals surface area (Å²) in [7, 11) is 0. The van der Waals surface area contributed by atoms with E-state index < -0.39 is 0 Å². The first-order chi connectivity index (χ1) is 7.45. The molecule has 1 saturated heterocycles. The van der Waals surface area contributed by atoms with Crippen LogP contribution in [0.3, 0.4) is 0 Å². The molecule has 3 rings (SSSR count). The van der Waals surface area contributed by atoms with E-state index in [-0.39, 0.29) is 0 Å². The van der Waals surface area contributed by atoms with Gasteiger partial charge in [-0.05, 0) is 17.7 Å². The highest BCUT2D eigenvalue weighted by molar-refractivity contribution is 5.83. The lowest BCUT2D eigenvalue weighted by Crippen LogP contribution is -2.34. The Kier molecular flexibility index (Phi) is 2.19. The maximum absolute atomic E-state index is 5.49. The first-order valence-corrected chi connectivity index (χ1v) is 5.32. The van der Waals surface area contributed by atoms with Crippen molar-refractivity contribution in [2.24, 2.45) is 0 Å². The Morgan fingerprint density at radius 1 is 1.27 bits per heavy atom. The van der Waals surface area contributed by atoms with Gasteiger partial charge in [0.2, 0.25) is 0 Å². The molecule has 0 aliphatic carbocycles. The summed E-state index contributed by atoms with van der Waals surface area (Å²) >= 11 is 0. The topological polar surface area (TPSA) is 37.0 Å². The van der Waals surface area contributed by atoms with Gasteiger partial charge in [-0.1, -0.05) is 12.1 Å². The van der Waals surface area contributed by atoms with Crippen LogP contribution in [0.1, 0.15) is 11.6 Å². The van der Waals surface area contributed by atoms with Crippen molar-refractivity contribution < 1.29 is 4.74 Å². The molecule has 2 heterocycles. The van der Waals surface area contributed by atoms with Gasteiger partial charge < -0.3 is 15.0 Å². The van der Waals surface area contributed by atoms with Gasteiger partial charge in [0.05, 0.1) is 19.3 Å². The Hall–Kier alpha value is -1.32. The number of H-pyrrole nitrogens is 1. The Morgan fingerprint density at radius 3 is 3.13 bits per heavy atom. The quantitative estimate of drug-likeness (QED) is 0.740. The fraction of sp³-hybridized carbons (Fsp3) is 0.333. The zero-order valence-electron chi connectivity index (χ0n) is 8.49. The molecule has 0 unspecified atom stereocenters. The van der Waals surface area contributed by atoms with Crippen LogP contribution < -0.4 is 5.32 Å². The number of nitrogens with one attached hydrogen (secondary N) is 2. The molecule has 78 valence electrons. The second kappa shape index (κ2) is 3.68. The second-order valence-electron chi connectivity index (χ2n) is 3.87. The van der Waals surface area contributed by atoms with Crippen molar-refractivity contribution in [3.05, 3.63) is 36.0 Å². The lowest BCUT2D eigenvalue weighted by Gasteiger charge is -2.24. The third kappa shape index (κ3) is 1.54. The lowest BCUT2D eigenvalue weighted by atomic mass is 10.0. The number of rotatable bonds is 1. The van der Waals surface area contributed by atoms with Crippen molar-refractivity contribution >= 4 is 10.9 Å². The van der Waals surface area contributed by atoms with E-state index in [2.05, 4.69) is 34.6 Å². The van der Waals surface area contributed by atoms with Gasteiger partial charge in [-0.25, -0.2) is 0 Å². The highest BCUT2D eigenvalue weighted by Gasteiger charge is 2.17. The van der Waals surface area contributed by atoms with Crippen LogP contribution in [-0.4, -0.2) is 24.7 Å². The molecule has 1 aromatic carbocycles. The molecule has 3 heteroatoms. The molecule has 0 radical (unpaired) electrons. The van der Waals surface area contributed by atoms with Crippen LogP contribution in [0.4, 0.5) is 0 Å². The largest absolute Gasteiger partial charge is 0.378 e. The van der Waals surface area contributed by atoms with Gasteiger partial charge in [0.1, 0.15) is 0 Å². The zero-order valence-corrected chi connectivity index (χ0v) is 8.49. The summed E-state index contributed by atoms with van der Waals surface area (Å²) in [6.07, 6.45) is 1.98. The molecule has 3 nitrogen and oxygen atoms in total. The van der Waals surface area contributed by atoms with E-state index >= 15 is 0 Å². The number of aromatic amines is 1. The molecule has 15 heavy (non-hydrogen) atoms. The predicted octanol–water partition coefficient (Wildman–Crippen LogP) is 1.83. The SMILES string of the molecule is c1cc([C@@H]2COCCN2)c2cc[nH]c2c1. The van der Waals surface area contributed by atoms with Crippen molar-refractivity contribution in [3.8, 4) is 0 Å². The van der Waals surface area contributed by atoms with Gasteiger partial charge in [0.15, 0.2) is 0 Å². The molecular formula is C12H14N2O. The van der Waals surface area contributed by atoms with E-state index in [1.165, 1.54) is 16.5 Å². The Bertz CT molecular complexity index is 457. The number of aromatic nitrogens is 1. The summed E-state index contributed by atoms with van der Waals surface area (Å²) in [5.74, 6) is 0. The Morgan fingerprint density at radius 2 is 2.27 bits per heavy atom. The molecule has 2 aromatic rings. The van der Waals surface area contributed by atoms with E-state index in [0.717, 1.165) is 19.8 Å². The highest BCUT2D eigenvalue weighted by Crippen LogP contribution is 2.24. The number of morpholine rings is 1. The molecule has 0 spiro atoms. The first-order valence-electron chi connectivity index (χ1n) is 5.32. The van der Waals surface area contributed by atoms with E-state index in [4.69, 9.17) is 4.74 Å². The zero-order chi connectivity index (χ0) is 10.1. The minimum atomic E-state index is 0.332. The highest BCUT2D eigenvalue weighted by atomic mass is 16.5. The molecule has 1 aliphatic heterocycles. The van der Waals surface area contributed by atoms with Crippen molar-refractivity contribution in [3.63, 3.8) is 0 Å². The average Bonchev–Trinajstić information content (AvgIpc) is 2.78. The smallest absolute Gasteiger partial charge is 0.0662 e. The van der Waals surface area contributed by atoms with Crippen LogP contribution in [0.2, 0.25) is 0 Å². The Labute approximate surface area is 88.4 Å². The van der Waals surface area contributed by atoms with Crippen molar-refractivity contribution in [2.45, 2.75) is 6.04 Å². The summed E-state index contributed by atoms with van der Waals surface area (Å²) in [5.41, 5.74) is 2.52. The summed E-state index contributed by atoms with van der Waals surface area (Å²) in [6, 6.07) is 8.81. The summed E-state index contributed by atoms with van der Waals surface area (Å²) in [5, 5.41) is 4.77. The third-order valence-electron chi connectivity index (χ3n) is 2.93.